The number of allylic oxidation sites excluding steroid dienone is 1. The van der Waals surface area contributed by atoms with E-state index in [1.807, 2.05) is 7.11 Å². The van der Waals surface area contributed by atoms with Gasteiger partial charge >= 0.3 is 0 Å². The molecule has 36 heavy (non-hydrogen) atoms. The molecule has 0 aromatic heterocycles. The van der Waals surface area contributed by atoms with Gasteiger partial charge in [0, 0.05) is 24.4 Å². The molecule has 4 saturated carbocycles. The van der Waals surface area contributed by atoms with Crippen LogP contribution in [0.2, 0.25) is 18.1 Å². The molecule has 10 atom stereocenters. The largest absolute Gasteiger partial charge is 0.547 e. The zero-order chi connectivity index (χ0) is 26.1. The van der Waals surface area contributed by atoms with Gasteiger partial charge in [0.05, 0.1) is 24.6 Å². The summed E-state index contributed by atoms with van der Waals surface area (Å²) in [7, 11) is 0.00624. The van der Waals surface area contributed by atoms with Gasteiger partial charge in [0.15, 0.2) is 5.79 Å². The predicted octanol–water partition coefficient (Wildman–Crippen LogP) is 7.55. The highest BCUT2D eigenvalue weighted by atomic mass is 28.4. The molecule has 5 fully saturated rings. The lowest BCUT2D eigenvalue weighted by atomic mass is 9.45. The number of hydrogen-bond acceptors (Lipinski definition) is 4. The van der Waals surface area contributed by atoms with Gasteiger partial charge in [-0.2, -0.15) is 0 Å². The van der Waals surface area contributed by atoms with Gasteiger partial charge in [-0.3, -0.25) is 0 Å². The number of fused-ring (bicyclic) bond motifs is 4. The fourth-order valence-corrected chi connectivity index (χ4v) is 11.3. The summed E-state index contributed by atoms with van der Waals surface area (Å²) in [6.45, 7) is 22.0. The average Bonchev–Trinajstić information content (AvgIpc) is 3.12. The summed E-state index contributed by atoms with van der Waals surface area (Å²) in [5, 5.41) is 0.176. The third-order valence-corrected chi connectivity index (χ3v) is 17.4. The Morgan fingerprint density at radius 3 is 2.36 bits per heavy atom. The van der Waals surface area contributed by atoms with Gasteiger partial charge in [0.1, 0.15) is 0 Å². The molecule has 4 nitrogen and oxygen atoms in total. The molecule has 0 amide bonds. The lowest BCUT2D eigenvalue weighted by Gasteiger charge is -2.61. The fourth-order valence-electron chi connectivity index (χ4n) is 10.2. The van der Waals surface area contributed by atoms with Crippen LogP contribution in [0.15, 0.2) is 11.8 Å². The average molecular weight is 517 g/mol. The summed E-state index contributed by atoms with van der Waals surface area (Å²) < 4.78 is 26.4. The van der Waals surface area contributed by atoms with Crippen LogP contribution < -0.4 is 0 Å². The first-order chi connectivity index (χ1) is 16.6. The Morgan fingerprint density at radius 2 is 1.78 bits per heavy atom. The van der Waals surface area contributed by atoms with Gasteiger partial charge in [0.25, 0.3) is 0 Å². The Balaban J connectivity index is 1.40. The monoisotopic (exact) mass is 516 g/mol. The van der Waals surface area contributed by atoms with Gasteiger partial charge in [-0.15, -0.1) is 0 Å². The van der Waals surface area contributed by atoms with E-state index in [4.69, 9.17) is 18.6 Å². The van der Waals surface area contributed by atoms with Gasteiger partial charge < -0.3 is 18.6 Å². The van der Waals surface area contributed by atoms with Crippen molar-refractivity contribution in [3.63, 3.8) is 0 Å². The molecule has 1 aliphatic heterocycles. The molecule has 0 aromatic rings. The Kier molecular flexibility index (Phi) is 5.49. The zero-order valence-electron chi connectivity index (χ0n) is 24.7. The summed E-state index contributed by atoms with van der Waals surface area (Å²) in [4.78, 5) is 0. The van der Waals surface area contributed by atoms with Crippen molar-refractivity contribution in [2.75, 3.05) is 13.7 Å². The second-order valence-corrected chi connectivity index (χ2v) is 20.7. The molecule has 6 rings (SSSR count). The number of rotatable bonds is 4. The maximum atomic E-state index is 7.30. The van der Waals surface area contributed by atoms with E-state index < -0.39 is 14.1 Å². The minimum atomic E-state index is -1.98. The Morgan fingerprint density at radius 1 is 1.06 bits per heavy atom. The van der Waals surface area contributed by atoms with E-state index in [1.165, 1.54) is 44.3 Å². The first-order valence-electron chi connectivity index (χ1n) is 14.8. The van der Waals surface area contributed by atoms with E-state index in [2.05, 4.69) is 67.6 Å². The third-order valence-electron chi connectivity index (χ3n) is 13.1. The summed E-state index contributed by atoms with van der Waals surface area (Å²) in [6.07, 6.45) is 11.0. The molecule has 0 radical (unpaired) electrons. The molecular weight excluding hydrogens is 464 g/mol. The van der Waals surface area contributed by atoms with Crippen molar-refractivity contribution < 1.29 is 18.6 Å². The second-order valence-electron chi connectivity index (χ2n) is 16.0. The van der Waals surface area contributed by atoms with Crippen molar-refractivity contribution in [2.45, 2.75) is 123 Å². The number of ether oxygens (including phenoxy) is 3. The topological polar surface area (TPSA) is 36.9 Å². The van der Waals surface area contributed by atoms with E-state index in [0.29, 0.717) is 41.3 Å². The van der Waals surface area contributed by atoms with E-state index in [-0.39, 0.29) is 16.6 Å². The molecule has 6 aliphatic rings. The van der Waals surface area contributed by atoms with E-state index in [9.17, 15) is 0 Å². The van der Waals surface area contributed by atoms with Crippen molar-refractivity contribution in [2.24, 2.45) is 45.8 Å². The van der Waals surface area contributed by atoms with Crippen molar-refractivity contribution in [1.82, 2.24) is 0 Å². The second kappa shape index (κ2) is 7.64. The van der Waals surface area contributed by atoms with Crippen LogP contribution in [0.4, 0.5) is 0 Å². The van der Waals surface area contributed by atoms with Crippen LogP contribution in [-0.2, 0) is 18.6 Å². The van der Waals surface area contributed by atoms with Gasteiger partial charge in [-0.05, 0) is 105 Å². The van der Waals surface area contributed by atoms with E-state index >= 15 is 0 Å². The van der Waals surface area contributed by atoms with Crippen LogP contribution in [0.1, 0.15) is 87.0 Å². The van der Waals surface area contributed by atoms with Gasteiger partial charge in [-0.1, -0.05) is 34.6 Å². The first kappa shape index (κ1) is 25.9. The number of hydrogen-bond donors (Lipinski definition) is 0. The summed E-state index contributed by atoms with van der Waals surface area (Å²) in [5.74, 6) is 3.90. The molecule has 5 aliphatic carbocycles. The van der Waals surface area contributed by atoms with E-state index in [0.717, 1.165) is 11.8 Å². The van der Waals surface area contributed by atoms with Crippen LogP contribution in [0.25, 0.3) is 0 Å². The Labute approximate surface area is 221 Å². The molecular formula is C31H52O4Si. The molecule has 204 valence electrons. The standard InChI is InChI=1S/C31H52O4Si/c1-27(2,3)36(9,10)35-23-16-22(24-18-33-28(4,5)34-24)29(6)13-12-21-20(26(23)29)15-25(32-8)31-17-19(31)11-14-30(21,31)7/h16,19-22,24-26H,11-15,17-18H2,1-10H3/t19-,20-,21+,22+,24-,25-,26-,29-,30-,31+/m1/s1. The highest BCUT2D eigenvalue weighted by Crippen LogP contribution is 2.82. The molecule has 1 heterocycles. The smallest absolute Gasteiger partial charge is 0.250 e. The Bertz CT molecular complexity index is 951. The summed E-state index contributed by atoms with van der Waals surface area (Å²) >= 11 is 0. The molecule has 0 N–H and O–H groups in total. The third kappa shape index (κ3) is 3.27. The fraction of sp³-hybridized carbons (Fsp3) is 0.935. The minimum absolute atomic E-state index is 0.104. The van der Waals surface area contributed by atoms with Crippen LogP contribution in [0.3, 0.4) is 0 Å². The van der Waals surface area contributed by atoms with Crippen LogP contribution in [0.5, 0.6) is 0 Å². The molecule has 1 spiro atoms. The minimum Gasteiger partial charge on any atom is -0.547 e. The normalized spacial score (nSPS) is 51.2. The van der Waals surface area contributed by atoms with Gasteiger partial charge in [0.2, 0.25) is 8.32 Å². The van der Waals surface area contributed by atoms with Crippen molar-refractivity contribution in [3.05, 3.63) is 11.8 Å². The van der Waals surface area contributed by atoms with Gasteiger partial charge in [-0.25, -0.2) is 0 Å². The first-order valence-corrected chi connectivity index (χ1v) is 17.8. The predicted molar refractivity (Wildman–Crippen MR) is 146 cm³/mol. The van der Waals surface area contributed by atoms with Crippen molar-refractivity contribution in [3.8, 4) is 0 Å². The maximum Gasteiger partial charge on any atom is 0.250 e. The molecule has 0 unspecified atom stereocenters. The molecule has 0 bridgehead atoms. The lowest BCUT2D eigenvalue weighted by molar-refractivity contribution is -0.172. The summed E-state index contributed by atoms with van der Waals surface area (Å²) in [5.41, 5.74) is 1.01. The highest BCUT2D eigenvalue weighted by molar-refractivity contribution is 6.74. The van der Waals surface area contributed by atoms with Crippen molar-refractivity contribution in [1.29, 1.82) is 0 Å². The SMILES string of the molecule is CO[C@@H]1C[C@H]2[C@@H]3C(O[Si](C)(C)C(C)(C)C)=C[C@@H]([C@H]4COC(C)(C)O4)[C@@]3(C)CC[C@@H]2[C@@]2(C)CC[C@@H]3C[C@]312. The highest BCUT2D eigenvalue weighted by Gasteiger charge is 2.78. The quantitative estimate of drug-likeness (QED) is 0.362. The van der Waals surface area contributed by atoms with Crippen LogP contribution in [0, 0.1) is 45.8 Å². The number of methoxy groups -OCH3 is 1. The lowest BCUT2D eigenvalue weighted by Crippen LogP contribution is -2.58. The van der Waals surface area contributed by atoms with E-state index in [1.54, 1.807) is 0 Å². The maximum absolute atomic E-state index is 7.30. The van der Waals surface area contributed by atoms with Crippen LogP contribution in [-0.4, -0.2) is 40.0 Å². The molecule has 1 saturated heterocycles. The Hall–Kier alpha value is -0.363. The zero-order valence-corrected chi connectivity index (χ0v) is 25.7. The summed E-state index contributed by atoms with van der Waals surface area (Å²) in [6, 6.07) is 0. The molecule has 0 aromatic carbocycles. The van der Waals surface area contributed by atoms with Crippen LogP contribution >= 0.6 is 0 Å². The van der Waals surface area contributed by atoms with Crippen molar-refractivity contribution >= 4 is 8.32 Å². The molecule has 5 heteroatoms.